The second-order valence-corrected chi connectivity index (χ2v) is 12.8. The minimum absolute atomic E-state index is 0.0598. The molecule has 3 aliphatic rings. The molecule has 0 aromatic carbocycles. The van der Waals surface area contributed by atoms with Crippen LogP contribution in [0.2, 0.25) is 24.7 Å². The lowest BCUT2D eigenvalue weighted by atomic mass is 9.84. The number of carbonyl (C=O) groups is 1. The number of hydrogen-bond acceptors (Lipinski definition) is 1. The van der Waals surface area contributed by atoms with Gasteiger partial charge in [0.15, 0.2) is 0 Å². The number of carboxylic acid groups (broad SMARTS) is 1. The van der Waals surface area contributed by atoms with Crippen molar-refractivity contribution in [3.05, 3.63) is 12.2 Å². The van der Waals surface area contributed by atoms with Crippen LogP contribution in [0.25, 0.3) is 0 Å². The molecule has 2 bridgehead atoms. The summed E-state index contributed by atoms with van der Waals surface area (Å²) in [4.78, 5) is 11.8. The Hall–Kier alpha value is -0.573. The van der Waals surface area contributed by atoms with E-state index in [1.807, 2.05) is 0 Å². The Morgan fingerprint density at radius 1 is 1.33 bits per heavy atom. The van der Waals surface area contributed by atoms with Crippen LogP contribution in [0.3, 0.4) is 0 Å². The van der Waals surface area contributed by atoms with E-state index in [1.54, 1.807) is 0 Å². The van der Waals surface area contributed by atoms with Crippen molar-refractivity contribution in [2.24, 2.45) is 23.2 Å². The molecule has 0 unspecified atom stereocenters. The fourth-order valence-electron chi connectivity index (χ4n) is 6.13. The van der Waals surface area contributed by atoms with Gasteiger partial charge in [-0.1, -0.05) is 45.1 Å². The molecule has 3 rings (SSSR count). The van der Waals surface area contributed by atoms with Gasteiger partial charge in [-0.05, 0) is 35.1 Å². The zero-order chi connectivity index (χ0) is 13.3. The summed E-state index contributed by atoms with van der Waals surface area (Å²) in [5.41, 5.74) is 0.122. The predicted octanol–water partition coefficient (Wildman–Crippen LogP) is 3.77. The fourth-order valence-corrected chi connectivity index (χ4v) is 10.5. The molecule has 2 saturated carbocycles. The third-order valence-corrected chi connectivity index (χ3v) is 9.75. The number of rotatable bonds is 4. The highest BCUT2D eigenvalue weighted by molar-refractivity contribution is 6.81. The van der Waals surface area contributed by atoms with Crippen molar-refractivity contribution >= 4 is 14.0 Å². The highest BCUT2D eigenvalue weighted by Gasteiger charge is 2.89. The summed E-state index contributed by atoms with van der Waals surface area (Å²) in [7, 11) is -1.50. The lowest BCUT2D eigenvalue weighted by Crippen LogP contribution is -2.37. The Kier molecular flexibility index (Phi) is 2.28. The maximum atomic E-state index is 11.8. The molecular formula is C15H24O2Si. The standard InChI is InChI=1S/C15H24O2Si/c1-5-8-14-10-6-7-11(9-10)15(14,18(2,3)4)12(14)13(16)17/h6-7,10-12H,5,8-9H2,1-4H3,(H,16,17)/t10-,11+,12+,14+,15+/m1/s1. The molecule has 3 aliphatic carbocycles. The summed E-state index contributed by atoms with van der Waals surface area (Å²) in [5, 5.41) is 9.89. The van der Waals surface area contributed by atoms with Crippen molar-refractivity contribution < 1.29 is 9.90 Å². The van der Waals surface area contributed by atoms with Gasteiger partial charge in [0.25, 0.3) is 0 Å². The van der Waals surface area contributed by atoms with Gasteiger partial charge in [0.05, 0.1) is 14.0 Å². The summed E-state index contributed by atoms with van der Waals surface area (Å²) in [6.45, 7) is 9.36. The topological polar surface area (TPSA) is 37.3 Å². The van der Waals surface area contributed by atoms with Gasteiger partial charge in [0.1, 0.15) is 0 Å². The van der Waals surface area contributed by atoms with Gasteiger partial charge in [0, 0.05) is 0 Å². The Bertz CT molecular complexity index is 436. The minimum Gasteiger partial charge on any atom is -0.481 e. The van der Waals surface area contributed by atoms with Crippen molar-refractivity contribution in [1.82, 2.24) is 0 Å². The van der Waals surface area contributed by atoms with E-state index in [0.29, 0.717) is 11.8 Å². The van der Waals surface area contributed by atoms with Crippen molar-refractivity contribution in [3.63, 3.8) is 0 Å². The Morgan fingerprint density at radius 3 is 2.44 bits per heavy atom. The first-order chi connectivity index (χ1) is 8.34. The van der Waals surface area contributed by atoms with Crippen LogP contribution < -0.4 is 0 Å². The molecule has 0 spiro atoms. The predicted molar refractivity (Wildman–Crippen MR) is 75.2 cm³/mol. The SMILES string of the molecule is CCC[C@@]12[C@@H]3C=C[C@@H](C3)[C@]1([Si](C)(C)C)[C@H]2C(=O)O. The molecule has 5 atom stereocenters. The first-order valence-corrected chi connectivity index (χ1v) is 10.7. The van der Waals surface area contributed by atoms with Gasteiger partial charge in [0.2, 0.25) is 0 Å². The highest BCUT2D eigenvalue weighted by atomic mass is 28.3. The van der Waals surface area contributed by atoms with E-state index >= 15 is 0 Å². The van der Waals surface area contributed by atoms with E-state index in [2.05, 4.69) is 38.7 Å². The average Bonchev–Trinajstić information content (AvgIpc) is 2.55. The molecule has 2 nitrogen and oxygen atoms in total. The molecule has 0 radical (unpaired) electrons. The van der Waals surface area contributed by atoms with Gasteiger partial charge in [-0.15, -0.1) is 0 Å². The number of hydrogen-bond donors (Lipinski definition) is 1. The largest absolute Gasteiger partial charge is 0.481 e. The lowest BCUT2D eigenvalue weighted by Gasteiger charge is -2.36. The zero-order valence-electron chi connectivity index (χ0n) is 11.9. The van der Waals surface area contributed by atoms with E-state index in [9.17, 15) is 9.90 Å². The highest BCUT2D eigenvalue weighted by Crippen LogP contribution is 2.93. The summed E-state index contributed by atoms with van der Waals surface area (Å²) in [5.74, 6) is 0.525. The van der Waals surface area contributed by atoms with E-state index in [4.69, 9.17) is 0 Å². The van der Waals surface area contributed by atoms with Crippen LogP contribution >= 0.6 is 0 Å². The van der Waals surface area contributed by atoms with Crippen LogP contribution in [0.1, 0.15) is 26.2 Å². The van der Waals surface area contributed by atoms with E-state index < -0.39 is 14.0 Å². The van der Waals surface area contributed by atoms with Crippen LogP contribution in [0.15, 0.2) is 12.2 Å². The van der Waals surface area contributed by atoms with Crippen LogP contribution in [0.5, 0.6) is 0 Å². The fraction of sp³-hybridized carbons (Fsp3) is 0.800. The van der Waals surface area contributed by atoms with Crippen LogP contribution in [-0.2, 0) is 4.79 Å². The zero-order valence-corrected chi connectivity index (χ0v) is 12.9. The van der Waals surface area contributed by atoms with E-state index in [-0.39, 0.29) is 16.4 Å². The number of fused-ring (bicyclic) bond motifs is 5. The Morgan fingerprint density at radius 2 is 1.94 bits per heavy atom. The second-order valence-electron chi connectivity index (χ2n) is 7.51. The third kappa shape index (κ3) is 1.01. The van der Waals surface area contributed by atoms with Crippen molar-refractivity contribution in [1.29, 1.82) is 0 Å². The summed E-state index contributed by atoms with van der Waals surface area (Å²) in [6.07, 6.45) is 8.14. The molecular weight excluding hydrogens is 240 g/mol. The summed E-state index contributed by atoms with van der Waals surface area (Å²) >= 11 is 0. The quantitative estimate of drug-likeness (QED) is 0.620. The first-order valence-electron chi connectivity index (χ1n) is 7.25. The Balaban J connectivity index is 2.14. The second kappa shape index (κ2) is 3.30. The van der Waals surface area contributed by atoms with Gasteiger partial charge < -0.3 is 5.11 Å². The molecule has 0 saturated heterocycles. The van der Waals surface area contributed by atoms with Crippen LogP contribution in [0.4, 0.5) is 0 Å². The molecule has 0 heterocycles. The van der Waals surface area contributed by atoms with Gasteiger partial charge in [-0.25, -0.2) is 0 Å². The smallest absolute Gasteiger partial charge is 0.307 e. The van der Waals surface area contributed by atoms with Gasteiger partial charge >= 0.3 is 5.97 Å². The van der Waals surface area contributed by atoms with Gasteiger partial charge in [-0.2, -0.15) is 0 Å². The summed E-state index contributed by atoms with van der Waals surface area (Å²) < 4.78 is 0. The molecule has 100 valence electrons. The van der Waals surface area contributed by atoms with Crippen molar-refractivity contribution in [3.8, 4) is 0 Å². The van der Waals surface area contributed by atoms with Crippen molar-refractivity contribution in [2.45, 2.75) is 50.9 Å². The summed E-state index contributed by atoms with van der Waals surface area (Å²) in [6, 6.07) is 0. The van der Waals surface area contributed by atoms with Crippen molar-refractivity contribution in [2.75, 3.05) is 0 Å². The van der Waals surface area contributed by atoms with Gasteiger partial charge in [-0.3, -0.25) is 4.79 Å². The molecule has 3 heteroatoms. The third-order valence-electron chi connectivity index (χ3n) is 6.14. The van der Waals surface area contributed by atoms with E-state index in [0.717, 1.165) is 12.8 Å². The maximum Gasteiger partial charge on any atom is 0.307 e. The monoisotopic (exact) mass is 264 g/mol. The Labute approximate surface area is 110 Å². The van der Waals surface area contributed by atoms with Crippen LogP contribution in [-0.4, -0.2) is 19.1 Å². The minimum atomic E-state index is -1.50. The normalized spacial score (nSPS) is 48.3. The molecule has 0 aliphatic heterocycles. The molecule has 0 aromatic heterocycles. The molecule has 1 N–H and O–H groups in total. The first kappa shape index (κ1) is 12.5. The molecule has 0 aromatic rings. The maximum absolute atomic E-state index is 11.8. The molecule has 18 heavy (non-hydrogen) atoms. The van der Waals surface area contributed by atoms with Crippen LogP contribution in [0, 0.1) is 23.2 Å². The number of aliphatic carboxylic acids is 1. The van der Waals surface area contributed by atoms with E-state index in [1.165, 1.54) is 6.42 Å². The number of allylic oxidation sites excluding steroid dienone is 2. The number of carboxylic acids is 1. The molecule has 0 amide bonds. The average molecular weight is 264 g/mol. The molecule has 2 fully saturated rings. The lowest BCUT2D eigenvalue weighted by molar-refractivity contribution is -0.140.